The Hall–Kier alpha value is -3.46. The summed E-state index contributed by atoms with van der Waals surface area (Å²) in [4.78, 5) is 11.6. The number of alkyl halides is 3. The van der Waals surface area contributed by atoms with Gasteiger partial charge in [-0.25, -0.2) is 18.1 Å². The molecule has 0 unspecified atom stereocenters. The lowest BCUT2D eigenvalue weighted by molar-refractivity contribution is -0.275. The number of rotatable bonds is 12. The number of benzene rings is 3. The van der Waals surface area contributed by atoms with Gasteiger partial charge in [0.1, 0.15) is 10.7 Å². The van der Waals surface area contributed by atoms with Gasteiger partial charge in [-0.1, -0.05) is 58.4 Å². The molecule has 14 heteroatoms. The van der Waals surface area contributed by atoms with Crippen LogP contribution in [0.15, 0.2) is 82.2 Å². The van der Waals surface area contributed by atoms with E-state index in [9.17, 15) is 21.6 Å². The van der Waals surface area contributed by atoms with E-state index >= 15 is 0 Å². The minimum Gasteiger partial charge on any atom is -0.404 e. The lowest BCUT2D eigenvalue weighted by atomic mass is 9.82. The molecule has 2 aliphatic rings. The highest BCUT2D eigenvalue weighted by atomic mass is 79.9. The number of piperidine rings is 1. The lowest BCUT2D eigenvalue weighted by Gasteiger charge is -2.33. The molecule has 0 radical (unpaired) electrons. The van der Waals surface area contributed by atoms with E-state index in [2.05, 4.69) is 65.2 Å². The maximum atomic E-state index is 12.9. The minimum absolute atomic E-state index is 0.0697. The number of likely N-dealkylation sites (tertiary alicyclic amines) is 1. The topological polar surface area (TPSA) is 108 Å². The van der Waals surface area contributed by atoms with Crippen molar-refractivity contribution in [1.82, 2.24) is 19.6 Å². The van der Waals surface area contributed by atoms with Crippen molar-refractivity contribution in [2.75, 3.05) is 36.8 Å². The van der Waals surface area contributed by atoms with Crippen LogP contribution in [0.2, 0.25) is 0 Å². The van der Waals surface area contributed by atoms with Crippen LogP contribution in [-0.4, -0.2) is 61.9 Å². The number of aromatic nitrogens is 2. The molecular weight excluding hydrogens is 721 g/mol. The Morgan fingerprint density at radius 2 is 1.53 bits per heavy atom. The van der Waals surface area contributed by atoms with Crippen molar-refractivity contribution in [2.24, 2.45) is 11.8 Å². The van der Waals surface area contributed by atoms with Gasteiger partial charge in [-0.2, -0.15) is 4.98 Å². The summed E-state index contributed by atoms with van der Waals surface area (Å²) in [6.45, 7) is 3.82. The number of halogens is 4. The molecule has 3 aromatic carbocycles. The summed E-state index contributed by atoms with van der Waals surface area (Å²) in [5.74, 6) is 1.05. The number of sulfonamides is 1. The highest BCUT2D eigenvalue weighted by molar-refractivity contribution is 9.10. The van der Waals surface area contributed by atoms with Crippen LogP contribution >= 0.6 is 15.9 Å². The molecule has 0 bridgehead atoms. The van der Waals surface area contributed by atoms with Crippen molar-refractivity contribution in [3.05, 3.63) is 82.8 Å². The molecule has 2 fully saturated rings. The van der Waals surface area contributed by atoms with E-state index < -0.39 is 27.0 Å². The van der Waals surface area contributed by atoms with Crippen LogP contribution in [-0.2, 0) is 16.6 Å². The Balaban J connectivity index is 0.998. The highest BCUT2D eigenvalue weighted by Crippen LogP contribution is 2.34. The average Bonchev–Trinajstić information content (AvgIpc) is 3.07. The van der Waals surface area contributed by atoms with E-state index in [1.165, 1.54) is 11.6 Å². The summed E-state index contributed by atoms with van der Waals surface area (Å²) in [7, 11) is -4.22. The maximum absolute atomic E-state index is 12.9. The Morgan fingerprint density at radius 1 is 0.857 bits per heavy atom. The van der Waals surface area contributed by atoms with Crippen molar-refractivity contribution in [3.63, 3.8) is 0 Å². The number of hydrogen-bond acceptors (Lipinski definition) is 8. The summed E-state index contributed by atoms with van der Waals surface area (Å²) in [6, 6.07) is 22.3. The second kappa shape index (κ2) is 15.6. The molecule has 9 nitrogen and oxygen atoms in total. The largest absolute Gasteiger partial charge is 0.573 e. The van der Waals surface area contributed by atoms with Crippen LogP contribution in [0, 0.1) is 11.8 Å². The standard InChI is InChI=1S/C35H40BrF3N6O3S/c36-27-14-15-32(31(20-27)48-35(37,38)39)49(46,47)41-22-25-12-10-24(11-13-25)21-40-34-43-30-9-5-4-8-29(30)33(44-34)42-28-16-18-45(19-17-28)23-26-6-2-1-3-7-26/h1-9,14-15,20,24-25,28,41H,10-13,16-19,21-23H2,(H2,40,42,43,44)/t24-,25-. The van der Waals surface area contributed by atoms with E-state index in [0.717, 1.165) is 87.0 Å². The predicted molar refractivity (Wildman–Crippen MR) is 188 cm³/mol. The number of hydrogen-bond donors (Lipinski definition) is 3. The third-order valence-corrected chi connectivity index (χ3v) is 11.2. The zero-order valence-corrected chi connectivity index (χ0v) is 29.3. The summed E-state index contributed by atoms with van der Waals surface area (Å²) in [6.07, 6.45) is 0.359. The first kappa shape index (κ1) is 35.4. The molecule has 4 aromatic rings. The summed E-state index contributed by atoms with van der Waals surface area (Å²) < 4.78 is 71.4. The molecular formula is C35H40BrF3N6O3S. The summed E-state index contributed by atoms with van der Waals surface area (Å²) >= 11 is 3.07. The Morgan fingerprint density at radius 3 is 2.24 bits per heavy atom. The van der Waals surface area contributed by atoms with Crippen LogP contribution in [0.3, 0.4) is 0 Å². The van der Waals surface area contributed by atoms with Crippen molar-refractivity contribution >= 4 is 48.6 Å². The van der Waals surface area contributed by atoms with E-state index in [1.54, 1.807) is 0 Å². The third-order valence-electron chi connectivity index (χ3n) is 9.28. The molecule has 0 atom stereocenters. The second-order valence-electron chi connectivity index (χ2n) is 12.9. The number of fused-ring (bicyclic) bond motifs is 1. The zero-order chi connectivity index (χ0) is 34.4. The quantitative estimate of drug-likeness (QED) is 0.136. The van der Waals surface area contributed by atoms with Gasteiger partial charge in [0.2, 0.25) is 16.0 Å². The van der Waals surface area contributed by atoms with Gasteiger partial charge < -0.3 is 15.4 Å². The molecule has 1 saturated carbocycles. The van der Waals surface area contributed by atoms with Crippen LogP contribution in [0.1, 0.15) is 44.1 Å². The van der Waals surface area contributed by atoms with Gasteiger partial charge in [0.05, 0.1) is 5.52 Å². The van der Waals surface area contributed by atoms with Crippen LogP contribution in [0.5, 0.6) is 5.75 Å². The second-order valence-corrected chi connectivity index (χ2v) is 15.5. The lowest BCUT2D eigenvalue weighted by Crippen LogP contribution is -2.38. The fraction of sp³-hybridized carbons (Fsp3) is 0.429. The maximum Gasteiger partial charge on any atom is 0.573 e. The van der Waals surface area contributed by atoms with Gasteiger partial charge in [0.25, 0.3) is 0 Å². The van der Waals surface area contributed by atoms with Crippen LogP contribution < -0.4 is 20.1 Å². The Kier molecular flexibility index (Phi) is 11.3. The van der Waals surface area contributed by atoms with Crippen molar-refractivity contribution in [1.29, 1.82) is 0 Å². The molecule has 1 saturated heterocycles. The Labute approximate surface area is 293 Å². The van der Waals surface area contributed by atoms with Crippen molar-refractivity contribution in [3.8, 4) is 5.75 Å². The Bertz CT molecular complexity index is 1820. The predicted octanol–water partition coefficient (Wildman–Crippen LogP) is 7.56. The first-order valence-electron chi connectivity index (χ1n) is 16.6. The number of para-hydroxylation sites is 1. The number of nitrogens with zero attached hydrogens (tertiary/aromatic N) is 3. The molecule has 6 rings (SSSR count). The molecule has 1 aliphatic carbocycles. The fourth-order valence-corrected chi connectivity index (χ4v) is 8.19. The first-order chi connectivity index (χ1) is 23.5. The molecule has 49 heavy (non-hydrogen) atoms. The van der Waals surface area contributed by atoms with E-state index in [4.69, 9.17) is 9.97 Å². The molecule has 2 heterocycles. The summed E-state index contributed by atoms with van der Waals surface area (Å²) in [5, 5.41) is 8.15. The average molecular weight is 762 g/mol. The minimum atomic E-state index is -5.02. The number of nitrogens with one attached hydrogen (secondary N) is 3. The third kappa shape index (κ3) is 9.83. The van der Waals surface area contributed by atoms with Crippen molar-refractivity contribution in [2.45, 2.75) is 62.4 Å². The summed E-state index contributed by atoms with van der Waals surface area (Å²) in [5.41, 5.74) is 2.20. The highest BCUT2D eigenvalue weighted by Gasteiger charge is 2.34. The molecule has 0 amide bonds. The van der Waals surface area contributed by atoms with E-state index in [0.29, 0.717) is 24.5 Å². The molecule has 3 N–H and O–H groups in total. The monoisotopic (exact) mass is 760 g/mol. The SMILES string of the molecule is O=S(=O)(NC[C@H]1CC[C@H](CNc2nc(NC3CCN(Cc4ccccc4)CC3)c3ccccc3n2)CC1)c1ccc(Br)cc1OC(F)(F)F. The fourth-order valence-electron chi connectivity index (χ4n) is 6.63. The van der Waals surface area contributed by atoms with Gasteiger partial charge in [-0.05, 0) is 86.3 Å². The van der Waals surface area contributed by atoms with Gasteiger partial charge in [-0.15, -0.1) is 13.2 Å². The van der Waals surface area contributed by atoms with Gasteiger partial charge >= 0.3 is 6.36 Å². The van der Waals surface area contributed by atoms with Crippen LogP contribution in [0.25, 0.3) is 10.9 Å². The molecule has 1 aliphatic heterocycles. The normalized spacial score (nSPS) is 19.5. The van der Waals surface area contributed by atoms with E-state index in [-0.39, 0.29) is 16.9 Å². The number of ether oxygens (including phenoxy) is 1. The van der Waals surface area contributed by atoms with E-state index in [1.807, 2.05) is 30.3 Å². The van der Waals surface area contributed by atoms with Gasteiger partial charge in [0, 0.05) is 48.6 Å². The zero-order valence-electron chi connectivity index (χ0n) is 26.9. The van der Waals surface area contributed by atoms with Gasteiger partial charge in [-0.3, -0.25) is 4.90 Å². The molecule has 1 aromatic heterocycles. The molecule has 262 valence electrons. The number of anilines is 2. The first-order valence-corrected chi connectivity index (χ1v) is 18.9. The van der Waals surface area contributed by atoms with Crippen LogP contribution in [0.4, 0.5) is 24.9 Å². The van der Waals surface area contributed by atoms with Gasteiger partial charge in [0.15, 0.2) is 5.75 Å². The molecule has 0 spiro atoms. The smallest absolute Gasteiger partial charge is 0.404 e. The van der Waals surface area contributed by atoms with Crippen molar-refractivity contribution < 1.29 is 26.3 Å².